The van der Waals surface area contributed by atoms with Gasteiger partial charge >= 0.3 is 0 Å². The first-order valence-electron chi connectivity index (χ1n) is 7.07. The molecule has 0 atom stereocenters. The Kier molecular flexibility index (Phi) is 4.05. The van der Waals surface area contributed by atoms with Gasteiger partial charge in [-0.05, 0) is 50.5 Å². The lowest BCUT2D eigenvalue weighted by atomic mass is 10.2. The zero-order valence-corrected chi connectivity index (χ0v) is 14.0. The fraction of sp³-hybridized carbons (Fsp3) is 0.400. The predicted octanol–water partition coefficient (Wildman–Crippen LogP) is 3.25. The molecule has 1 aromatic heterocycles. The summed E-state index contributed by atoms with van der Waals surface area (Å²) in [4.78, 5) is 4.50. The molecule has 0 bridgehead atoms. The number of aromatic nitrogens is 1. The first kappa shape index (κ1) is 15.6. The molecule has 3 rings (SSSR count). The molecule has 0 aliphatic heterocycles. The van der Waals surface area contributed by atoms with E-state index < -0.39 is 15.8 Å². The smallest absolute Gasteiger partial charge is 0.243 e. The summed E-state index contributed by atoms with van der Waals surface area (Å²) < 4.78 is 40.6. The van der Waals surface area contributed by atoms with Crippen LogP contribution in [0.5, 0.6) is 0 Å². The number of nitrogens with zero attached hydrogens (tertiary/aromatic N) is 2. The number of thiazole rings is 1. The molecule has 0 spiro atoms. The van der Waals surface area contributed by atoms with Gasteiger partial charge in [0.25, 0.3) is 0 Å². The van der Waals surface area contributed by atoms with Crippen LogP contribution in [-0.4, -0.2) is 23.7 Å². The van der Waals surface area contributed by atoms with Gasteiger partial charge in [-0.2, -0.15) is 4.31 Å². The van der Waals surface area contributed by atoms with Crippen LogP contribution in [-0.2, 0) is 16.6 Å². The highest BCUT2D eigenvalue weighted by Gasteiger charge is 2.38. The molecule has 2 aromatic rings. The summed E-state index contributed by atoms with van der Waals surface area (Å²) in [5.41, 5.74) is 1.10. The normalized spacial score (nSPS) is 15.5. The zero-order valence-electron chi connectivity index (χ0n) is 12.4. The van der Waals surface area contributed by atoms with Crippen molar-refractivity contribution in [2.75, 3.05) is 0 Å². The van der Waals surface area contributed by atoms with Crippen LogP contribution >= 0.6 is 11.3 Å². The number of rotatable bonds is 5. The molecule has 0 N–H and O–H groups in total. The predicted molar refractivity (Wildman–Crippen MR) is 83.7 cm³/mol. The van der Waals surface area contributed by atoms with Gasteiger partial charge in [0.05, 0.1) is 22.1 Å². The van der Waals surface area contributed by atoms with Gasteiger partial charge < -0.3 is 0 Å². The van der Waals surface area contributed by atoms with Crippen LogP contribution in [0.3, 0.4) is 0 Å². The molecule has 7 heteroatoms. The van der Waals surface area contributed by atoms with Crippen molar-refractivity contribution in [2.45, 2.75) is 44.2 Å². The molecule has 0 amide bonds. The Morgan fingerprint density at radius 1 is 1.36 bits per heavy atom. The van der Waals surface area contributed by atoms with E-state index in [4.69, 9.17) is 0 Å². The minimum absolute atomic E-state index is 0.0253. The van der Waals surface area contributed by atoms with Crippen LogP contribution in [0.25, 0.3) is 0 Å². The van der Waals surface area contributed by atoms with E-state index in [0.717, 1.165) is 23.5 Å². The van der Waals surface area contributed by atoms with Crippen molar-refractivity contribution in [3.8, 4) is 0 Å². The quantitative estimate of drug-likeness (QED) is 0.839. The van der Waals surface area contributed by atoms with Gasteiger partial charge in [-0.25, -0.2) is 17.8 Å². The Labute approximate surface area is 133 Å². The SMILES string of the molecule is Cc1nc(CN(C2CC2)S(=O)(=O)c2ccc(F)c(C)c2)cs1. The standard InChI is InChI=1S/C15H17FN2O2S2/c1-10-7-14(5-6-15(10)16)22(19,20)18(13-3-4-13)8-12-9-21-11(2)17-12/h5-7,9,13H,3-4,8H2,1-2H3. The molecule has 0 radical (unpaired) electrons. The van der Waals surface area contributed by atoms with Crippen LogP contribution < -0.4 is 0 Å². The number of hydrogen-bond acceptors (Lipinski definition) is 4. The number of aryl methyl sites for hydroxylation is 2. The van der Waals surface area contributed by atoms with Gasteiger partial charge in [0.1, 0.15) is 5.82 Å². The Hall–Kier alpha value is -1.31. The molecule has 22 heavy (non-hydrogen) atoms. The van der Waals surface area contributed by atoms with E-state index in [9.17, 15) is 12.8 Å². The molecule has 1 aromatic carbocycles. The van der Waals surface area contributed by atoms with E-state index >= 15 is 0 Å². The van der Waals surface area contributed by atoms with Gasteiger partial charge in [-0.15, -0.1) is 11.3 Å². The summed E-state index contributed by atoms with van der Waals surface area (Å²) in [6.45, 7) is 3.74. The zero-order chi connectivity index (χ0) is 15.9. The van der Waals surface area contributed by atoms with Gasteiger partial charge in [-0.1, -0.05) is 0 Å². The van der Waals surface area contributed by atoms with Gasteiger partial charge in [0.2, 0.25) is 10.0 Å². The second-order valence-corrected chi connectivity index (χ2v) is 8.50. The first-order chi connectivity index (χ1) is 10.4. The number of sulfonamides is 1. The lowest BCUT2D eigenvalue weighted by Crippen LogP contribution is -2.32. The molecular weight excluding hydrogens is 323 g/mol. The molecule has 0 unspecified atom stereocenters. The Morgan fingerprint density at radius 3 is 2.64 bits per heavy atom. The molecule has 1 saturated carbocycles. The molecule has 4 nitrogen and oxygen atoms in total. The minimum atomic E-state index is -3.63. The number of hydrogen-bond donors (Lipinski definition) is 0. The highest BCUT2D eigenvalue weighted by molar-refractivity contribution is 7.89. The van der Waals surface area contributed by atoms with E-state index in [0.29, 0.717) is 5.56 Å². The average molecular weight is 340 g/mol. The van der Waals surface area contributed by atoms with Crippen molar-refractivity contribution in [1.29, 1.82) is 0 Å². The van der Waals surface area contributed by atoms with Crippen molar-refractivity contribution in [1.82, 2.24) is 9.29 Å². The third-order valence-electron chi connectivity index (χ3n) is 3.67. The van der Waals surface area contributed by atoms with Crippen molar-refractivity contribution >= 4 is 21.4 Å². The van der Waals surface area contributed by atoms with E-state index in [2.05, 4.69) is 4.98 Å². The second kappa shape index (κ2) is 5.72. The summed E-state index contributed by atoms with van der Waals surface area (Å²) in [6.07, 6.45) is 1.73. The summed E-state index contributed by atoms with van der Waals surface area (Å²) >= 11 is 1.51. The van der Waals surface area contributed by atoms with E-state index in [1.807, 2.05) is 12.3 Å². The third-order valence-corrected chi connectivity index (χ3v) is 6.39. The van der Waals surface area contributed by atoms with E-state index in [1.165, 1.54) is 33.8 Å². The summed E-state index contributed by atoms with van der Waals surface area (Å²) in [6, 6.07) is 3.96. The maximum atomic E-state index is 13.4. The fourth-order valence-corrected chi connectivity index (χ4v) is 4.67. The molecule has 1 fully saturated rings. The lowest BCUT2D eigenvalue weighted by molar-refractivity contribution is 0.395. The van der Waals surface area contributed by atoms with Crippen molar-refractivity contribution in [2.24, 2.45) is 0 Å². The largest absolute Gasteiger partial charge is 0.245 e. The molecule has 1 aliphatic carbocycles. The molecule has 1 aliphatic rings. The number of benzene rings is 1. The van der Waals surface area contributed by atoms with Crippen LogP contribution in [0.15, 0.2) is 28.5 Å². The van der Waals surface area contributed by atoms with Crippen LogP contribution in [0.2, 0.25) is 0 Å². The third kappa shape index (κ3) is 3.06. The van der Waals surface area contributed by atoms with Gasteiger partial charge in [0, 0.05) is 11.4 Å². The second-order valence-electron chi connectivity index (χ2n) is 5.55. The topological polar surface area (TPSA) is 50.3 Å². The van der Waals surface area contributed by atoms with Crippen molar-refractivity contribution in [3.63, 3.8) is 0 Å². The lowest BCUT2D eigenvalue weighted by Gasteiger charge is -2.21. The van der Waals surface area contributed by atoms with Crippen molar-refractivity contribution in [3.05, 3.63) is 45.7 Å². The Bertz CT molecular complexity index is 798. The highest BCUT2D eigenvalue weighted by Crippen LogP contribution is 2.34. The van der Waals surface area contributed by atoms with E-state index in [1.54, 1.807) is 6.92 Å². The molecular formula is C15H17FN2O2S2. The molecule has 1 heterocycles. The van der Waals surface area contributed by atoms with E-state index in [-0.39, 0.29) is 17.5 Å². The first-order valence-corrected chi connectivity index (χ1v) is 9.39. The summed E-state index contributed by atoms with van der Waals surface area (Å²) in [7, 11) is -3.63. The monoisotopic (exact) mass is 340 g/mol. The fourth-order valence-electron chi connectivity index (χ4n) is 2.33. The molecule has 118 valence electrons. The molecule has 0 saturated heterocycles. The highest BCUT2D eigenvalue weighted by atomic mass is 32.2. The Balaban J connectivity index is 1.94. The summed E-state index contributed by atoms with van der Waals surface area (Å²) in [5, 5.41) is 2.80. The van der Waals surface area contributed by atoms with Gasteiger partial charge in [0.15, 0.2) is 0 Å². The maximum absolute atomic E-state index is 13.4. The van der Waals surface area contributed by atoms with Crippen molar-refractivity contribution < 1.29 is 12.8 Å². The Morgan fingerprint density at radius 2 is 2.09 bits per heavy atom. The summed E-state index contributed by atoms with van der Waals surface area (Å²) in [5.74, 6) is -0.396. The van der Waals surface area contributed by atoms with Crippen LogP contribution in [0.4, 0.5) is 4.39 Å². The van der Waals surface area contributed by atoms with Gasteiger partial charge in [-0.3, -0.25) is 0 Å². The number of halogens is 1. The van der Waals surface area contributed by atoms with Crippen LogP contribution in [0, 0.1) is 19.7 Å². The van der Waals surface area contributed by atoms with Crippen LogP contribution in [0.1, 0.15) is 29.1 Å². The minimum Gasteiger partial charge on any atom is -0.245 e. The average Bonchev–Trinajstić information content (AvgIpc) is 3.21. The maximum Gasteiger partial charge on any atom is 0.243 e.